The molecule has 2 rings (SSSR count). The lowest BCUT2D eigenvalue weighted by molar-refractivity contribution is -0.131. The number of carbonyl (C=O) groups excluding carboxylic acids is 3. The molecule has 8 heteroatoms. The second-order valence-electron chi connectivity index (χ2n) is 5.75. The van der Waals surface area contributed by atoms with E-state index in [0.29, 0.717) is 17.2 Å². The second-order valence-corrected chi connectivity index (χ2v) is 5.75. The van der Waals surface area contributed by atoms with E-state index in [1.165, 1.54) is 14.2 Å². The summed E-state index contributed by atoms with van der Waals surface area (Å²) in [5, 5.41) is 5.21. The minimum atomic E-state index is -0.595. The summed E-state index contributed by atoms with van der Waals surface area (Å²) in [6.45, 7) is 3.30. The number of rotatable bonds is 6. The number of urea groups is 1. The highest BCUT2D eigenvalue weighted by atomic mass is 16.5. The average Bonchev–Trinajstić information content (AvgIpc) is 2.82. The Balaban J connectivity index is 2.06. The van der Waals surface area contributed by atoms with Crippen LogP contribution in [0.5, 0.6) is 11.5 Å². The lowest BCUT2D eigenvalue weighted by Crippen LogP contribution is -2.39. The van der Waals surface area contributed by atoms with Crippen LogP contribution < -0.4 is 20.1 Å². The number of methoxy groups -OCH3 is 2. The van der Waals surface area contributed by atoms with Gasteiger partial charge in [0.25, 0.3) is 5.91 Å². The van der Waals surface area contributed by atoms with Gasteiger partial charge in [0.15, 0.2) is 0 Å². The predicted octanol–water partition coefficient (Wildman–Crippen LogP) is 1.22. The highest BCUT2D eigenvalue weighted by molar-refractivity contribution is 6.08. The third kappa shape index (κ3) is 3.76. The number of imide groups is 1. The van der Waals surface area contributed by atoms with E-state index in [9.17, 15) is 14.4 Å². The van der Waals surface area contributed by atoms with E-state index in [2.05, 4.69) is 10.6 Å². The van der Waals surface area contributed by atoms with Crippen LogP contribution in [0.2, 0.25) is 0 Å². The summed E-state index contributed by atoms with van der Waals surface area (Å²) in [7, 11) is 3.00. The smallest absolute Gasteiger partial charge is 0.325 e. The summed E-state index contributed by atoms with van der Waals surface area (Å²) in [6, 6.07) is 3.74. The molecule has 1 aliphatic heterocycles. The molecule has 0 aromatic heterocycles. The van der Waals surface area contributed by atoms with E-state index in [0.717, 1.165) is 4.90 Å². The molecule has 1 fully saturated rings. The summed E-state index contributed by atoms with van der Waals surface area (Å²) < 4.78 is 10.3. The molecule has 0 spiro atoms. The predicted molar refractivity (Wildman–Crippen MR) is 87.0 cm³/mol. The van der Waals surface area contributed by atoms with E-state index in [4.69, 9.17) is 9.47 Å². The van der Waals surface area contributed by atoms with Crippen molar-refractivity contribution in [2.75, 3.05) is 26.1 Å². The topological polar surface area (TPSA) is 97.0 Å². The summed E-state index contributed by atoms with van der Waals surface area (Å²) in [5.41, 5.74) is 0.448. The Morgan fingerprint density at radius 1 is 1.21 bits per heavy atom. The van der Waals surface area contributed by atoms with Crippen LogP contribution in [0.3, 0.4) is 0 Å². The molecule has 0 saturated carbocycles. The van der Waals surface area contributed by atoms with Crippen LogP contribution in [-0.4, -0.2) is 49.6 Å². The lowest BCUT2D eigenvalue weighted by atomic mass is 10.1. The molecule has 0 bridgehead atoms. The van der Waals surface area contributed by atoms with Crippen molar-refractivity contribution in [3.8, 4) is 11.5 Å². The highest BCUT2D eigenvalue weighted by Gasteiger charge is 2.40. The van der Waals surface area contributed by atoms with E-state index in [1.807, 2.05) is 13.8 Å². The van der Waals surface area contributed by atoms with Gasteiger partial charge in [0.1, 0.15) is 24.1 Å². The van der Waals surface area contributed by atoms with Gasteiger partial charge in [-0.05, 0) is 5.92 Å². The normalized spacial score (nSPS) is 17.0. The molecule has 0 aliphatic carbocycles. The fourth-order valence-electron chi connectivity index (χ4n) is 2.37. The van der Waals surface area contributed by atoms with E-state index in [-0.39, 0.29) is 12.5 Å². The number of nitrogens with zero attached hydrogens (tertiary/aromatic N) is 1. The van der Waals surface area contributed by atoms with Crippen molar-refractivity contribution in [3.05, 3.63) is 18.2 Å². The molecule has 1 aliphatic rings. The number of carbonyl (C=O) groups is 3. The maximum atomic E-state index is 12.2. The standard InChI is InChI=1S/C16H21N3O5/c1-9(2)14-15(21)19(16(22)18-14)8-13(20)17-10-5-11(23-3)7-12(6-10)24-4/h5-7,9,14H,8H2,1-4H3,(H,17,20)(H,18,22). The van der Waals surface area contributed by atoms with Crippen molar-refractivity contribution in [1.29, 1.82) is 0 Å². The number of nitrogens with one attached hydrogen (secondary N) is 2. The van der Waals surface area contributed by atoms with Crippen LogP contribution in [0.15, 0.2) is 18.2 Å². The van der Waals surface area contributed by atoms with Crippen molar-refractivity contribution >= 4 is 23.5 Å². The Kier molecular flexibility index (Phi) is 5.28. The van der Waals surface area contributed by atoms with E-state index < -0.39 is 23.9 Å². The maximum absolute atomic E-state index is 12.2. The first kappa shape index (κ1) is 17.6. The minimum Gasteiger partial charge on any atom is -0.497 e. The third-order valence-electron chi connectivity index (χ3n) is 3.66. The zero-order chi connectivity index (χ0) is 17.9. The second kappa shape index (κ2) is 7.20. The zero-order valence-corrected chi connectivity index (χ0v) is 14.1. The first-order valence-corrected chi connectivity index (χ1v) is 7.50. The van der Waals surface area contributed by atoms with E-state index >= 15 is 0 Å². The van der Waals surface area contributed by atoms with Gasteiger partial charge in [-0.25, -0.2) is 4.79 Å². The number of hydrogen-bond donors (Lipinski definition) is 2. The number of hydrogen-bond acceptors (Lipinski definition) is 5. The summed E-state index contributed by atoms with van der Waals surface area (Å²) in [6.07, 6.45) is 0. The molecular weight excluding hydrogens is 314 g/mol. The van der Waals surface area contributed by atoms with Crippen LogP contribution in [-0.2, 0) is 9.59 Å². The fraction of sp³-hybridized carbons (Fsp3) is 0.438. The fourth-order valence-corrected chi connectivity index (χ4v) is 2.37. The molecule has 1 heterocycles. The molecule has 1 unspecified atom stereocenters. The maximum Gasteiger partial charge on any atom is 0.325 e. The molecule has 1 atom stereocenters. The molecule has 130 valence electrons. The Morgan fingerprint density at radius 3 is 2.25 bits per heavy atom. The summed E-state index contributed by atoms with van der Waals surface area (Å²) in [5.74, 6) is 0.0998. The Hall–Kier alpha value is -2.77. The molecule has 8 nitrogen and oxygen atoms in total. The van der Waals surface area contributed by atoms with Gasteiger partial charge in [-0.15, -0.1) is 0 Å². The van der Waals surface area contributed by atoms with Gasteiger partial charge in [0, 0.05) is 23.9 Å². The Morgan fingerprint density at radius 2 is 1.79 bits per heavy atom. The van der Waals surface area contributed by atoms with Crippen LogP contribution in [0, 0.1) is 5.92 Å². The lowest BCUT2D eigenvalue weighted by Gasteiger charge is -2.15. The van der Waals surface area contributed by atoms with Gasteiger partial charge in [0.05, 0.1) is 14.2 Å². The number of benzene rings is 1. The van der Waals surface area contributed by atoms with Crippen molar-refractivity contribution < 1.29 is 23.9 Å². The average molecular weight is 335 g/mol. The SMILES string of the molecule is COc1cc(NC(=O)CN2C(=O)NC(C(C)C)C2=O)cc(OC)c1. The van der Waals surface area contributed by atoms with Gasteiger partial charge >= 0.3 is 6.03 Å². The molecule has 0 radical (unpaired) electrons. The molecule has 1 aromatic rings. The van der Waals surface area contributed by atoms with Crippen LogP contribution >= 0.6 is 0 Å². The Bertz CT molecular complexity index is 637. The zero-order valence-electron chi connectivity index (χ0n) is 14.1. The minimum absolute atomic E-state index is 0.0443. The Labute approximate surface area is 140 Å². The monoisotopic (exact) mass is 335 g/mol. The van der Waals surface area contributed by atoms with Gasteiger partial charge in [0.2, 0.25) is 5.91 Å². The van der Waals surface area contributed by atoms with Gasteiger partial charge in [-0.2, -0.15) is 0 Å². The molecule has 4 amide bonds. The van der Waals surface area contributed by atoms with Crippen LogP contribution in [0.25, 0.3) is 0 Å². The van der Waals surface area contributed by atoms with Crippen LogP contribution in [0.4, 0.5) is 10.5 Å². The van der Waals surface area contributed by atoms with Gasteiger partial charge < -0.3 is 20.1 Å². The highest BCUT2D eigenvalue weighted by Crippen LogP contribution is 2.25. The quantitative estimate of drug-likeness (QED) is 0.762. The van der Waals surface area contributed by atoms with Crippen molar-refractivity contribution in [1.82, 2.24) is 10.2 Å². The molecule has 2 N–H and O–H groups in total. The molecular formula is C16H21N3O5. The van der Waals surface area contributed by atoms with Crippen LogP contribution in [0.1, 0.15) is 13.8 Å². The van der Waals surface area contributed by atoms with Crippen molar-refractivity contribution in [2.24, 2.45) is 5.92 Å². The summed E-state index contributed by atoms with van der Waals surface area (Å²) >= 11 is 0. The third-order valence-corrected chi connectivity index (χ3v) is 3.66. The number of ether oxygens (including phenoxy) is 2. The first-order valence-electron chi connectivity index (χ1n) is 7.50. The summed E-state index contributed by atoms with van der Waals surface area (Å²) in [4.78, 5) is 37.1. The molecule has 1 saturated heterocycles. The van der Waals surface area contributed by atoms with Gasteiger partial charge in [-0.1, -0.05) is 13.8 Å². The molecule has 1 aromatic carbocycles. The molecule has 24 heavy (non-hydrogen) atoms. The van der Waals surface area contributed by atoms with Crippen molar-refractivity contribution in [2.45, 2.75) is 19.9 Å². The van der Waals surface area contributed by atoms with E-state index in [1.54, 1.807) is 18.2 Å². The first-order chi connectivity index (χ1) is 11.3. The van der Waals surface area contributed by atoms with Crippen molar-refractivity contribution in [3.63, 3.8) is 0 Å². The largest absolute Gasteiger partial charge is 0.497 e. The number of anilines is 1. The van der Waals surface area contributed by atoms with Gasteiger partial charge in [-0.3, -0.25) is 14.5 Å². The number of amides is 4.